The summed E-state index contributed by atoms with van der Waals surface area (Å²) in [7, 11) is 0. The van der Waals surface area contributed by atoms with Crippen molar-refractivity contribution >= 4 is 0 Å². The van der Waals surface area contributed by atoms with Gasteiger partial charge in [-0.25, -0.2) is 9.97 Å². The summed E-state index contributed by atoms with van der Waals surface area (Å²) in [5, 5.41) is 3.38. The third-order valence-electron chi connectivity index (χ3n) is 4.77. The summed E-state index contributed by atoms with van der Waals surface area (Å²) in [5.41, 5.74) is 3.76. The van der Waals surface area contributed by atoms with E-state index in [1.54, 1.807) is 0 Å². The summed E-state index contributed by atoms with van der Waals surface area (Å²) >= 11 is 0. The molecule has 2 unspecified atom stereocenters. The minimum Gasteiger partial charge on any atom is -0.317 e. The van der Waals surface area contributed by atoms with Crippen molar-refractivity contribution in [3.8, 4) is 0 Å². The van der Waals surface area contributed by atoms with Crippen LogP contribution >= 0.6 is 0 Å². The molecule has 1 saturated carbocycles. The van der Waals surface area contributed by atoms with Crippen LogP contribution in [0.1, 0.15) is 74.6 Å². The van der Waals surface area contributed by atoms with Gasteiger partial charge in [-0.1, -0.05) is 26.7 Å². The molecule has 1 aromatic rings. The number of rotatable bonds is 6. The summed E-state index contributed by atoms with van der Waals surface area (Å²) in [4.78, 5) is 9.72. The average Bonchev–Trinajstić information content (AvgIpc) is 2.45. The maximum atomic E-state index is 4.86. The maximum Gasteiger partial charge on any atom is 0.131 e. The van der Waals surface area contributed by atoms with Gasteiger partial charge in [-0.15, -0.1) is 0 Å². The molecule has 1 heterocycles. The Bertz CT molecular complexity index is 433. The number of nitrogens with zero attached hydrogens (tertiary/aromatic N) is 2. The van der Waals surface area contributed by atoms with Crippen LogP contribution < -0.4 is 5.32 Å². The van der Waals surface area contributed by atoms with Crippen molar-refractivity contribution in [3.05, 3.63) is 22.8 Å². The summed E-state index contributed by atoms with van der Waals surface area (Å²) in [6, 6.07) is 0. The number of nitrogens with one attached hydrogen (secondary N) is 1. The first-order chi connectivity index (χ1) is 10.1. The average molecular weight is 289 g/mol. The SMILES string of the molecule is CCNCCCc1c(C)nc(C2CCCC(C)C2)nc1C. The smallest absolute Gasteiger partial charge is 0.131 e. The molecule has 2 atom stereocenters. The molecule has 3 nitrogen and oxygen atoms in total. The molecule has 0 aromatic carbocycles. The third kappa shape index (κ3) is 4.50. The first kappa shape index (κ1) is 16.4. The summed E-state index contributed by atoms with van der Waals surface area (Å²) in [5.74, 6) is 2.52. The van der Waals surface area contributed by atoms with E-state index in [9.17, 15) is 0 Å². The second-order valence-corrected chi connectivity index (χ2v) is 6.66. The Balaban J connectivity index is 2.05. The molecule has 0 spiro atoms. The molecular formula is C18H31N3. The molecule has 2 rings (SSSR count). The van der Waals surface area contributed by atoms with Crippen LogP contribution in [0.2, 0.25) is 0 Å². The molecular weight excluding hydrogens is 258 g/mol. The van der Waals surface area contributed by atoms with Gasteiger partial charge in [0, 0.05) is 17.3 Å². The van der Waals surface area contributed by atoms with Crippen molar-refractivity contribution in [2.24, 2.45) is 5.92 Å². The molecule has 1 fully saturated rings. The van der Waals surface area contributed by atoms with Crippen LogP contribution in [-0.4, -0.2) is 23.1 Å². The standard InChI is InChI=1S/C18H31N3/c1-5-19-11-7-10-17-14(3)20-18(21-15(17)4)16-9-6-8-13(2)12-16/h13,16,19H,5-12H2,1-4H3. The quantitative estimate of drug-likeness (QED) is 0.806. The lowest BCUT2D eigenvalue weighted by atomic mass is 9.82. The van der Waals surface area contributed by atoms with Gasteiger partial charge in [-0.3, -0.25) is 0 Å². The molecule has 1 N–H and O–H groups in total. The molecule has 0 aliphatic heterocycles. The molecule has 118 valence electrons. The fourth-order valence-electron chi connectivity index (χ4n) is 3.55. The van der Waals surface area contributed by atoms with Crippen LogP contribution in [0.4, 0.5) is 0 Å². The fraction of sp³-hybridized carbons (Fsp3) is 0.778. The van der Waals surface area contributed by atoms with Crippen LogP contribution in [0.5, 0.6) is 0 Å². The van der Waals surface area contributed by atoms with Crippen LogP contribution in [0.25, 0.3) is 0 Å². The first-order valence-corrected chi connectivity index (χ1v) is 8.66. The first-order valence-electron chi connectivity index (χ1n) is 8.66. The molecule has 0 saturated heterocycles. The van der Waals surface area contributed by atoms with Crippen molar-refractivity contribution in [1.29, 1.82) is 0 Å². The molecule has 1 aromatic heterocycles. The molecule has 3 heteroatoms. The predicted octanol–water partition coefficient (Wildman–Crippen LogP) is 3.93. The van der Waals surface area contributed by atoms with Crippen molar-refractivity contribution in [2.75, 3.05) is 13.1 Å². The highest BCUT2D eigenvalue weighted by atomic mass is 14.9. The minimum absolute atomic E-state index is 0.585. The van der Waals surface area contributed by atoms with E-state index in [2.05, 4.69) is 33.0 Å². The highest BCUT2D eigenvalue weighted by molar-refractivity contribution is 5.25. The maximum absolute atomic E-state index is 4.86. The molecule has 0 radical (unpaired) electrons. The monoisotopic (exact) mass is 289 g/mol. The molecule has 21 heavy (non-hydrogen) atoms. The Morgan fingerprint density at radius 1 is 1.14 bits per heavy atom. The number of aromatic nitrogens is 2. The van der Waals surface area contributed by atoms with E-state index in [1.807, 2.05) is 0 Å². The third-order valence-corrected chi connectivity index (χ3v) is 4.77. The van der Waals surface area contributed by atoms with Crippen LogP contribution in [0.3, 0.4) is 0 Å². The number of hydrogen-bond donors (Lipinski definition) is 1. The highest BCUT2D eigenvalue weighted by Gasteiger charge is 2.23. The van der Waals surface area contributed by atoms with Gasteiger partial charge >= 0.3 is 0 Å². The van der Waals surface area contributed by atoms with Crippen LogP contribution in [0.15, 0.2) is 0 Å². The fourth-order valence-corrected chi connectivity index (χ4v) is 3.55. The van der Waals surface area contributed by atoms with E-state index in [0.29, 0.717) is 5.92 Å². The van der Waals surface area contributed by atoms with Crippen molar-refractivity contribution in [2.45, 2.75) is 72.1 Å². The van der Waals surface area contributed by atoms with E-state index >= 15 is 0 Å². The van der Waals surface area contributed by atoms with Gasteiger partial charge in [-0.05, 0) is 64.1 Å². The Hall–Kier alpha value is -0.960. The molecule has 1 aliphatic carbocycles. The van der Waals surface area contributed by atoms with Crippen LogP contribution in [-0.2, 0) is 6.42 Å². The van der Waals surface area contributed by atoms with Crippen molar-refractivity contribution in [3.63, 3.8) is 0 Å². The zero-order chi connectivity index (χ0) is 15.2. The summed E-state index contributed by atoms with van der Waals surface area (Å²) < 4.78 is 0. The van der Waals surface area contributed by atoms with Gasteiger partial charge in [0.1, 0.15) is 5.82 Å². The van der Waals surface area contributed by atoms with E-state index in [1.165, 1.54) is 49.1 Å². The Labute approximate surface area is 130 Å². The normalized spacial score (nSPS) is 22.5. The largest absolute Gasteiger partial charge is 0.317 e. The second-order valence-electron chi connectivity index (χ2n) is 6.66. The van der Waals surface area contributed by atoms with E-state index in [4.69, 9.17) is 9.97 Å². The van der Waals surface area contributed by atoms with E-state index in [0.717, 1.165) is 31.3 Å². The lowest BCUT2D eigenvalue weighted by molar-refractivity contribution is 0.334. The molecule has 0 bridgehead atoms. The van der Waals surface area contributed by atoms with Crippen molar-refractivity contribution < 1.29 is 0 Å². The zero-order valence-corrected chi connectivity index (χ0v) is 14.2. The van der Waals surface area contributed by atoms with E-state index in [-0.39, 0.29) is 0 Å². The van der Waals surface area contributed by atoms with Gasteiger partial charge < -0.3 is 5.32 Å². The second kappa shape index (κ2) is 7.88. The predicted molar refractivity (Wildman–Crippen MR) is 88.7 cm³/mol. The molecule has 0 amide bonds. The van der Waals surface area contributed by atoms with Gasteiger partial charge in [0.25, 0.3) is 0 Å². The topological polar surface area (TPSA) is 37.8 Å². The minimum atomic E-state index is 0.585. The van der Waals surface area contributed by atoms with Gasteiger partial charge in [-0.2, -0.15) is 0 Å². The van der Waals surface area contributed by atoms with Gasteiger partial charge in [0.2, 0.25) is 0 Å². The van der Waals surface area contributed by atoms with Crippen LogP contribution in [0, 0.1) is 19.8 Å². The van der Waals surface area contributed by atoms with Gasteiger partial charge in [0.05, 0.1) is 0 Å². The zero-order valence-electron chi connectivity index (χ0n) is 14.2. The highest BCUT2D eigenvalue weighted by Crippen LogP contribution is 2.34. The number of aryl methyl sites for hydroxylation is 2. The van der Waals surface area contributed by atoms with Crippen molar-refractivity contribution in [1.82, 2.24) is 15.3 Å². The number of hydrogen-bond acceptors (Lipinski definition) is 3. The Kier molecular flexibility index (Phi) is 6.16. The lowest BCUT2D eigenvalue weighted by Crippen LogP contribution is -2.17. The molecule has 1 aliphatic rings. The van der Waals surface area contributed by atoms with E-state index < -0.39 is 0 Å². The Morgan fingerprint density at radius 2 is 1.86 bits per heavy atom. The van der Waals surface area contributed by atoms with Gasteiger partial charge in [0.15, 0.2) is 0 Å². The summed E-state index contributed by atoms with van der Waals surface area (Å²) in [6.07, 6.45) is 7.49. The summed E-state index contributed by atoms with van der Waals surface area (Å²) in [6.45, 7) is 11.0. The lowest BCUT2D eigenvalue weighted by Gasteiger charge is -2.26. The Morgan fingerprint density at radius 3 is 2.48 bits per heavy atom.